The van der Waals surface area contributed by atoms with E-state index in [2.05, 4.69) is 34.9 Å². The minimum atomic E-state index is 0.360. The minimum absolute atomic E-state index is 0.360. The molecule has 0 radical (unpaired) electrons. The molecule has 0 spiro atoms. The van der Waals surface area contributed by atoms with Crippen LogP contribution in [0.25, 0.3) is 0 Å². The minimum Gasteiger partial charge on any atom is -0.314 e. The normalized spacial score (nSPS) is 38.7. The van der Waals surface area contributed by atoms with Gasteiger partial charge in [0.2, 0.25) is 0 Å². The van der Waals surface area contributed by atoms with Gasteiger partial charge < -0.3 is 4.57 Å². The van der Waals surface area contributed by atoms with Crippen molar-refractivity contribution in [1.29, 1.82) is 0 Å². The van der Waals surface area contributed by atoms with Crippen LogP contribution in [0.3, 0.4) is 0 Å². The van der Waals surface area contributed by atoms with Crippen molar-refractivity contribution in [2.24, 2.45) is 17.8 Å². The Bertz CT molecular complexity index is 756. The molecule has 25 heavy (non-hydrogen) atoms. The van der Waals surface area contributed by atoms with Gasteiger partial charge in [0, 0.05) is 17.9 Å². The summed E-state index contributed by atoms with van der Waals surface area (Å²) in [6, 6.07) is 11.0. The van der Waals surface area contributed by atoms with Crippen molar-refractivity contribution in [3.63, 3.8) is 0 Å². The predicted molar refractivity (Wildman–Crippen MR) is 97.4 cm³/mol. The third-order valence-electron chi connectivity index (χ3n) is 7.68. The molecule has 1 atom stereocenters. The van der Waals surface area contributed by atoms with Crippen LogP contribution in [0, 0.1) is 17.8 Å². The Balaban J connectivity index is 1.42. The molecule has 0 N–H and O–H groups in total. The van der Waals surface area contributed by atoms with Crippen molar-refractivity contribution in [3.8, 4) is 0 Å². The summed E-state index contributed by atoms with van der Waals surface area (Å²) >= 11 is 0. The van der Waals surface area contributed by atoms with Crippen LogP contribution >= 0.6 is 0 Å². The maximum absolute atomic E-state index is 4.88. The summed E-state index contributed by atoms with van der Waals surface area (Å²) in [6.07, 6.45) is 11.1. The Morgan fingerprint density at radius 2 is 1.56 bits per heavy atom. The Morgan fingerprint density at radius 3 is 2.24 bits per heavy atom. The van der Waals surface area contributed by atoms with Crippen LogP contribution in [0.5, 0.6) is 0 Å². The van der Waals surface area contributed by atoms with Crippen LogP contribution in [-0.4, -0.2) is 14.8 Å². The van der Waals surface area contributed by atoms with Crippen LogP contribution in [0.4, 0.5) is 0 Å². The number of fused-ring (bicyclic) bond motifs is 1. The Hall–Kier alpha value is -1.64. The van der Waals surface area contributed by atoms with E-state index in [1.807, 2.05) is 0 Å². The fourth-order valence-corrected chi connectivity index (χ4v) is 7.15. The summed E-state index contributed by atoms with van der Waals surface area (Å²) in [5.41, 5.74) is 1.77. The lowest BCUT2D eigenvalue weighted by Crippen LogP contribution is -2.50. The van der Waals surface area contributed by atoms with Gasteiger partial charge in [-0.2, -0.15) is 0 Å². The van der Waals surface area contributed by atoms with Gasteiger partial charge in [-0.15, -0.1) is 10.2 Å². The van der Waals surface area contributed by atoms with Gasteiger partial charge in [0.25, 0.3) is 0 Å². The summed E-state index contributed by atoms with van der Waals surface area (Å²) in [4.78, 5) is 0. The molecule has 3 heteroatoms. The SMILES string of the molecule is c1ccc(C2CCCn3c2nnc3C23CC4CC(CC(C4)C2)C3)cc1. The summed E-state index contributed by atoms with van der Waals surface area (Å²) in [5, 5.41) is 9.66. The second kappa shape index (κ2) is 5.18. The molecule has 1 unspecified atom stereocenters. The predicted octanol–water partition coefficient (Wildman–Crippen LogP) is 4.67. The van der Waals surface area contributed by atoms with E-state index in [-0.39, 0.29) is 0 Å². The Kier molecular flexibility index (Phi) is 3.01. The summed E-state index contributed by atoms with van der Waals surface area (Å²) in [7, 11) is 0. The van der Waals surface area contributed by atoms with Gasteiger partial charge in [0.15, 0.2) is 0 Å². The summed E-state index contributed by atoms with van der Waals surface area (Å²) in [5.74, 6) is 5.93. The van der Waals surface area contributed by atoms with Gasteiger partial charge in [-0.05, 0) is 74.7 Å². The van der Waals surface area contributed by atoms with Crippen LogP contribution in [0.15, 0.2) is 30.3 Å². The van der Waals surface area contributed by atoms with Crippen LogP contribution in [-0.2, 0) is 12.0 Å². The molecular weight excluding hydrogens is 306 g/mol. The van der Waals surface area contributed by atoms with Gasteiger partial charge in [-0.1, -0.05) is 30.3 Å². The molecular formula is C22H27N3. The van der Waals surface area contributed by atoms with E-state index >= 15 is 0 Å². The average Bonchev–Trinajstić information content (AvgIpc) is 3.06. The number of hydrogen-bond acceptors (Lipinski definition) is 2. The number of nitrogens with zero attached hydrogens (tertiary/aromatic N) is 3. The molecule has 4 bridgehead atoms. The number of rotatable bonds is 2. The second-order valence-electron chi connectivity index (χ2n) is 9.34. The van der Waals surface area contributed by atoms with E-state index in [1.54, 1.807) is 0 Å². The molecule has 2 heterocycles. The quantitative estimate of drug-likeness (QED) is 0.799. The maximum Gasteiger partial charge on any atom is 0.140 e. The van der Waals surface area contributed by atoms with Crippen molar-refractivity contribution in [2.75, 3.05) is 0 Å². The fraction of sp³-hybridized carbons (Fsp3) is 0.636. The van der Waals surface area contributed by atoms with Crippen molar-refractivity contribution in [3.05, 3.63) is 47.5 Å². The highest BCUT2D eigenvalue weighted by atomic mass is 15.3. The number of aromatic nitrogens is 3. The van der Waals surface area contributed by atoms with Gasteiger partial charge in [0.1, 0.15) is 11.6 Å². The van der Waals surface area contributed by atoms with Crippen LogP contribution in [0.1, 0.15) is 74.5 Å². The molecule has 4 fully saturated rings. The molecule has 0 saturated heterocycles. The highest BCUT2D eigenvalue weighted by molar-refractivity contribution is 5.29. The third kappa shape index (κ3) is 2.10. The van der Waals surface area contributed by atoms with E-state index in [0.717, 1.165) is 24.3 Å². The van der Waals surface area contributed by atoms with E-state index in [4.69, 9.17) is 10.2 Å². The first-order valence-electron chi connectivity index (χ1n) is 10.3. The van der Waals surface area contributed by atoms with Gasteiger partial charge in [0.05, 0.1) is 0 Å². The van der Waals surface area contributed by atoms with Crippen LogP contribution < -0.4 is 0 Å². The largest absolute Gasteiger partial charge is 0.314 e. The molecule has 1 aromatic heterocycles. The molecule has 4 aliphatic carbocycles. The van der Waals surface area contributed by atoms with Gasteiger partial charge >= 0.3 is 0 Å². The highest BCUT2D eigenvalue weighted by Crippen LogP contribution is 2.60. The zero-order chi connectivity index (χ0) is 16.4. The molecule has 2 aromatic rings. The molecule has 4 saturated carbocycles. The van der Waals surface area contributed by atoms with Gasteiger partial charge in [-0.25, -0.2) is 0 Å². The maximum atomic E-state index is 4.88. The van der Waals surface area contributed by atoms with Crippen molar-refractivity contribution < 1.29 is 0 Å². The van der Waals surface area contributed by atoms with Gasteiger partial charge in [-0.3, -0.25) is 0 Å². The molecule has 1 aliphatic heterocycles. The number of hydrogen-bond donors (Lipinski definition) is 0. The molecule has 7 rings (SSSR count). The first-order valence-corrected chi connectivity index (χ1v) is 10.3. The van der Waals surface area contributed by atoms with E-state index in [9.17, 15) is 0 Å². The highest BCUT2D eigenvalue weighted by Gasteiger charge is 2.54. The molecule has 130 valence electrons. The standard InChI is InChI=1S/C22H27N3/c1-2-5-18(6-3-1)19-7-4-8-25-20(19)23-24-21(25)22-12-15-9-16(13-22)11-17(10-15)14-22/h1-3,5-6,15-17,19H,4,7-14H2. The third-order valence-corrected chi connectivity index (χ3v) is 7.68. The summed E-state index contributed by atoms with van der Waals surface area (Å²) < 4.78 is 2.55. The zero-order valence-corrected chi connectivity index (χ0v) is 14.9. The molecule has 1 aromatic carbocycles. The topological polar surface area (TPSA) is 30.7 Å². The van der Waals surface area contributed by atoms with Crippen molar-refractivity contribution in [1.82, 2.24) is 14.8 Å². The summed E-state index contributed by atoms with van der Waals surface area (Å²) in [6.45, 7) is 1.13. The Morgan fingerprint density at radius 1 is 0.880 bits per heavy atom. The van der Waals surface area contributed by atoms with Crippen molar-refractivity contribution in [2.45, 2.75) is 69.2 Å². The lowest BCUT2D eigenvalue weighted by atomic mass is 9.49. The average molecular weight is 333 g/mol. The first-order chi connectivity index (χ1) is 12.3. The van der Waals surface area contributed by atoms with E-state index in [1.165, 1.54) is 68.6 Å². The second-order valence-corrected chi connectivity index (χ2v) is 9.34. The fourth-order valence-electron chi connectivity index (χ4n) is 7.15. The smallest absolute Gasteiger partial charge is 0.140 e. The molecule has 0 amide bonds. The molecule has 3 nitrogen and oxygen atoms in total. The van der Waals surface area contributed by atoms with Crippen molar-refractivity contribution >= 4 is 0 Å². The molecule has 5 aliphatic rings. The lowest BCUT2D eigenvalue weighted by molar-refractivity contribution is -0.0114. The Labute approximate surface area is 149 Å². The van der Waals surface area contributed by atoms with Crippen LogP contribution in [0.2, 0.25) is 0 Å². The van der Waals surface area contributed by atoms with E-state index in [0.29, 0.717) is 11.3 Å². The first kappa shape index (κ1) is 14.5. The monoisotopic (exact) mass is 333 g/mol. The lowest BCUT2D eigenvalue weighted by Gasteiger charge is -2.56. The number of benzene rings is 1. The van der Waals surface area contributed by atoms with E-state index < -0.39 is 0 Å². The zero-order valence-electron chi connectivity index (χ0n) is 14.9.